The van der Waals surface area contributed by atoms with E-state index in [9.17, 15) is 9.18 Å². The second kappa shape index (κ2) is 5.11. The molecule has 0 atom stereocenters. The molecular formula is C11H12ClFO. The van der Waals surface area contributed by atoms with Gasteiger partial charge in [-0.05, 0) is 54.6 Å². The monoisotopic (exact) mass is 214 g/mol. The maximum Gasteiger partial charge on any atom is 0.221 e. The first kappa shape index (κ1) is 11.2. The lowest BCUT2D eigenvalue weighted by Crippen LogP contribution is -1.92. The van der Waals surface area contributed by atoms with Crippen LogP contribution in [0.2, 0.25) is 0 Å². The van der Waals surface area contributed by atoms with Crippen molar-refractivity contribution in [2.75, 3.05) is 0 Å². The number of halogens is 2. The highest BCUT2D eigenvalue weighted by molar-refractivity contribution is 6.63. The molecule has 14 heavy (non-hydrogen) atoms. The molecule has 0 fully saturated rings. The number of carbonyl (C=O) groups excluding carboxylic acids is 1. The number of benzene rings is 1. The van der Waals surface area contributed by atoms with E-state index in [0.29, 0.717) is 19.3 Å². The van der Waals surface area contributed by atoms with Gasteiger partial charge in [0.2, 0.25) is 5.24 Å². The third kappa shape index (κ3) is 3.88. The smallest absolute Gasteiger partial charge is 0.221 e. The molecule has 1 rings (SSSR count). The van der Waals surface area contributed by atoms with Gasteiger partial charge in [0.25, 0.3) is 0 Å². The van der Waals surface area contributed by atoms with Crippen LogP contribution < -0.4 is 0 Å². The second-order valence-corrected chi connectivity index (χ2v) is 3.77. The van der Waals surface area contributed by atoms with Gasteiger partial charge < -0.3 is 0 Å². The minimum absolute atomic E-state index is 0.225. The summed E-state index contributed by atoms with van der Waals surface area (Å²) in [7, 11) is 0. The molecule has 3 heteroatoms. The van der Waals surface area contributed by atoms with Crippen molar-refractivity contribution in [2.24, 2.45) is 0 Å². The average molecular weight is 215 g/mol. The Morgan fingerprint density at radius 2 is 2.14 bits per heavy atom. The minimum Gasteiger partial charge on any atom is -0.281 e. The summed E-state index contributed by atoms with van der Waals surface area (Å²) in [4.78, 5) is 10.5. The van der Waals surface area contributed by atoms with E-state index in [1.807, 2.05) is 13.0 Å². The van der Waals surface area contributed by atoms with Gasteiger partial charge in [-0.2, -0.15) is 0 Å². The molecule has 0 radical (unpaired) electrons. The largest absolute Gasteiger partial charge is 0.281 e. The Balaban J connectivity index is 2.54. The average Bonchev–Trinajstić information content (AvgIpc) is 2.01. The molecule has 0 unspecified atom stereocenters. The fourth-order valence-corrected chi connectivity index (χ4v) is 1.52. The quantitative estimate of drug-likeness (QED) is 0.704. The Morgan fingerprint density at radius 1 is 1.43 bits per heavy atom. The molecule has 0 N–H and O–H groups in total. The summed E-state index contributed by atoms with van der Waals surface area (Å²) in [5.41, 5.74) is 1.82. The van der Waals surface area contributed by atoms with E-state index in [1.54, 1.807) is 0 Å². The highest BCUT2D eigenvalue weighted by Gasteiger charge is 2.00. The van der Waals surface area contributed by atoms with Crippen molar-refractivity contribution in [1.29, 1.82) is 0 Å². The van der Waals surface area contributed by atoms with Crippen LogP contribution in [0.3, 0.4) is 0 Å². The lowest BCUT2D eigenvalue weighted by molar-refractivity contribution is -0.111. The predicted octanol–water partition coefficient (Wildman–Crippen LogP) is 3.22. The number of hydrogen-bond acceptors (Lipinski definition) is 1. The van der Waals surface area contributed by atoms with E-state index >= 15 is 0 Å². The molecule has 0 aromatic heterocycles. The summed E-state index contributed by atoms with van der Waals surface area (Å²) >= 11 is 5.19. The normalized spacial score (nSPS) is 10.2. The zero-order valence-electron chi connectivity index (χ0n) is 8.02. The standard InChI is InChI=1S/C11H12ClFO/c1-8-5-9(7-10(13)6-8)3-2-4-11(12)14/h5-7H,2-4H2,1H3. The fraction of sp³-hybridized carbons (Fsp3) is 0.364. The summed E-state index contributed by atoms with van der Waals surface area (Å²) < 4.78 is 12.9. The Morgan fingerprint density at radius 3 is 2.71 bits per heavy atom. The van der Waals surface area contributed by atoms with E-state index < -0.39 is 0 Å². The van der Waals surface area contributed by atoms with E-state index in [2.05, 4.69) is 0 Å². The van der Waals surface area contributed by atoms with Crippen molar-refractivity contribution in [1.82, 2.24) is 0 Å². The molecule has 0 bridgehead atoms. The third-order valence-corrected chi connectivity index (χ3v) is 2.13. The lowest BCUT2D eigenvalue weighted by Gasteiger charge is -2.01. The zero-order chi connectivity index (χ0) is 10.6. The Labute approximate surface area is 87.9 Å². The molecule has 0 heterocycles. The van der Waals surface area contributed by atoms with E-state index in [0.717, 1.165) is 11.1 Å². The summed E-state index contributed by atoms with van der Waals surface area (Å²) in [5, 5.41) is -0.335. The molecule has 0 spiro atoms. The second-order valence-electron chi connectivity index (χ2n) is 3.35. The number of carbonyl (C=O) groups is 1. The molecule has 0 aliphatic heterocycles. The van der Waals surface area contributed by atoms with Gasteiger partial charge in [-0.15, -0.1) is 0 Å². The molecule has 0 saturated heterocycles. The zero-order valence-corrected chi connectivity index (χ0v) is 8.77. The van der Waals surface area contributed by atoms with Crippen LogP contribution >= 0.6 is 11.6 Å². The van der Waals surface area contributed by atoms with E-state index in [4.69, 9.17) is 11.6 Å². The van der Waals surface area contributed by atoms with Gasteiger partial charge in [-0.25, -0.2) is 4.39 Å². The maximum absolute atomic E-state index is 12.9. The summed E-state index contributed by atoms with van der Waals surface area (Å²) in [5.74, 6) is -0.225. The van der Waals surface area contributed by atoms with Crippen molar-refractivity contribution >= 4 is 16.8 Å². The topological polar surface area (TPSA) is 17.1 Å². The van der Waals surface area contributed by atoms with Crippen LogP contribution in [0.4, 0.5) is 4.39 Å². The Hall–Kier alpha value is -0.890. The highest BCUT2D eigenvalue weighted by Crippen LogP contribution is 2.11. The molecule has 1 aromatic rings. The SMILES string of the molecule is Cc1cc(F)cc(CCCC(=O)Cl)c1. The van der Waals surface area contributed by atoms with Gasteiger partial charge in [-0.1, -0.05) is 6.07 Å². The fourth-order valence-electron chi connectivity index (χ4n) is 1.39. The summed E-state index contributed by atoms with van der Waals surface area (Å²) in [6.07, 6.45) is 1.71. The van der Waals surface area contributed by atoms with Crippen molar-refractivity contribution in [3.63, 3.8) is 0 Å². The van der Waals surface area contributed by atoms with Crippen LogP contribution in [0.5, 0.6) is 0 Å². The van der Waals surface area contributed by atoms with Crippen molar-refractivity contribution in [3.8, 4) is 0 Å². The lowest BCUT2D eigenvalue weighted by atomic mass is 10.1. The first-order valence-electron chi connectivity index (χ1n) is 4.52. The molecular weight excluding hydrogens is 203 g/mol. The van der Waals surface area contributed by atoms with Gasteiger partial charge in [0.15, 0.2) is 0 Å². The van der Waals surface area contributed by atoms with Crippen LogP contribution in [0.25, 0.3) is 0 Å². The number of hydrogen-bond donors (Lipinski definition) is 0. The van der Waals surface area contributed by atoms with Crippen LogP contribution in [0.1, 0.15) is 24.0 Å². The van der Waals surface area contributed by atoms with Crippen molar-refractivity contribution in [2.45, 2.75) is 26.2 Å². The molecule has 0 amide bonds. The maximum atomic E-state index is 12.9. The van der Waals surface area contributed by atoms with Crippen LogP contribution in [0.15, 0.2) is 18.2 Å². The van der Waals surface area contributed by atoms with Crippen LogP contribution in [-0.4, -0.2) is 5.24 Å². The first-order chi connectivity index (χ1) is 6.58. The van der Waals surface area contributed by atoms with Crippen molar-refractivity contribution in [3.05, 3.63) is 35.1 Å². The molecule has 1 nitrogen and oxygen atoms in total. The van der Waals surface area contributed by atoms with Gasteiger partial charge in [0.05, 0.1) is 0 Å². The van der Waals surface area contributed by atoms with Gasteiger partial charge in [-0.3, -0.25) is 4.79 Å². The van der Waals surface area contributed by atoms with E-state index in [1.165, 1.54) is 12.1 Å². The van der Waals surface area contributed by atoms with E-state index in [-0.39, 0.29) is 11.1 Å². The number of rotatable bonds is 4. The molecule has 1 aromatic carbocycles. The number of aryl methyl sites for hydroxylation is 2. The molecule has 0 saturated carbocycles. The first-order valence-corrected chi connectivity index (χ1v) is 4.90. The van der Waals surface area contributed by atoms with Crippen molar-refractivity contribution < 1.29 is 9.18 Å². The highest BCUT2D eigenvalue weighted by atomic mass is 35.5. The molecule has 76 valence electrons. The summed E-state index contributed by atoms with van der Waals surface area (Å²) in [6, 6.07) is 4.89. The van der Waals surface area contributed by atoms with Gasteiger partial charge in [0, 0.05) is 6.42 Å². The summed E-state index contributed by atoms with van der Waals surface area (Å²) in [6.45, 7) is 1.85. The molecule has 0 aliphatic rings. The molecule has 0 aliphatic carbocycles. The Bertz CT molecular complexity index is 316. The predicted molar refractivity (Wildman–Crippen MR) is 54.9 cm³/mol. The van der Waals surface area contributed by atoms with Gasteiger partial charge >= 0.3 is 0 Å². The van der Waals surface area contributed by atoms with Crippen LogP contribution in [0, 0.1) is 12.7 Å². The van der Waals surface area contributed by atoms with Crippen LogP contribution in [-0.2, 0) is 11.2 Å². The third-order valence-electron chi connectivity index (χ3n) is 1.94. The van der Waals surface area contributed by atoms with Gasteiger partial charge in [0.1, 0.15) is 5.82 Å². The minimum atomic E-state index is -0.335. The Kier molecular flexibility index (Phi) is 4.08.